The Bertz CT molecular complexity index is 2110. The molecule has 49 heavy (non-hydrogen) atoms. The maximum Gasteiger partial charge on any atom is 0.225 e. The lowest BCUT2D eigenvalue weighted by Gasteiger charge is -2.20. The predicted molar refractivity (Wildman–Crippen MR) is 179 cm³/mol. The zero-order chi connectivity index (χ0) is 33.5. The lowest BCUT2D eigenvalue weighted by molar-refractivity contribution is -0.615. The van der Waals surface area contributed by atoms with Gasteiger partial charge in [0.05, 0.1) is 28.0 Å². The third-order valence-corrected chi connectivity index (χ3v) is 10.0. The van der Waals surface area contributed by atoms with Crippen LogP contribution < -0.4 is 4.73 Å². The van der Waals surface area contributed by atoms with Crippen molar-refractivity contribution in [3.8, 4) is 27.9 Å². The summed E-state index contributed by atoms with van der Waals surface area (Å²) >= 11 is 6.17. The number of rotatable bonds is 9. The van der Waals surface area contributed by atoms with Gasteiger partial charge >= 0.3 is 0 Å². The van der Waals surface area contributed by atoms with Crippen LogP contribution in [0.4, 0.5) is 4.39 Å². The smallest absolute Gasteiger partial charge is 0.225 e. The zero-order valence-electron chi connectivity index (χ0n) is 26.3. The van der Waals surface area contributed by atoms with Crippen LogP contribution in [-0.2, 0) is 4.79 Å². The van der Waals surface area contributed by atoms with E-state index in [-0.39, 0.29) is 28.3 Å². The molecular weight excluding hydrogens is 645 g/mol. The van der Waals surface area contributed by atoms with Crippen LogP contribution in [0, 0.1) is 22.9 Å². The van der Waals surface area contributed by atoms with Gasteiger partial charge in [0, 0.05) is 55.1 Å². The van der Waals surface area contributed by atoms with Crippen molar-refractivity contribution in [1.29, 1.82) is 0 Å². The predicted octanol–water partition coefficient (Wildman–Crippen LogP) is 5.65. The van der Waals surface area contributed by atoms with Crippen molar-refractivity contribution >= 4 is 17.5 Å². The summed E-state index contributed by atoms with van der Waals surface area (Å²) in [5, 5.41) is 29.7. The quantitative estimate of drug-likeness (QED) is 0.144. The highest BCUT2D eigenvalue weighted by Crippen LogP contribution is 2.47. The van der Waals surface area contributed by atoms with Gasteiger partial charge in [-0.3, -0.25) is 14.5 Å². The average molecular weight is 676 g/mol. The van der Waals surface area contributed by atoms with Gasteiger partial charge < -0.3 is 10.1 Å². The summed E-state index contributed by atoms with van der Waals surface area (Å²) in [7, 11) is 0. The first-order valence-electron chi connectivity index (χ1n) is 16.2. The minimum atomic E-state index is -0.691. The molecule has 0 radical (unpaired) electrons. The minimum absolute atomic E-state index is 0.0818. The second-order valence-corrected chi connectivity index (χ2v) is 13.1. The Morgan fingerprint density at radius 1 is 1.04 bits per heavy atom. The van der Waals surface area contributed by atoms with Crippen LogP contribution in [-0.4, -0.2) is 58.9 Å². The number of aromatic nitrogens is 8. The highest BCUT2D eigenvalue weighted by molar-refractivity contribution is 6.31. The molecule has 1 aliphatic heterocycles. The van der Waals surface area contributed by atoms with Crippen molar-refractivity contribution in [3.05, 3.63) is 131 Å². The normalized spacial score (nSPS) is 19.2. The first kappa shape index (κ1) is 30.8. The molecule has 1 aliphatic carbocycles. The molecule has 1 saturated carbocycles. The number of tetrazole rings is 1. The van der Waals surface area contributed by atoms with Gasteiger partial charge in [-0.2, -0.15) is 14.5 Å². The second-order valence-electron chi connectivity index (χ2n) is 12.7. The molecule has 11 nitrogen and oxygen atoms in total. The maximum atomic E-state index is 15.5. The average Bonchev–Trinajstić information content (AvgIpc) is 3.58. The number of carbonyl (C=O) groups excluding carboxylic acids is 1. The molecule has 1 saturated heterocycles. The summed E-state index contributed by atoms with van der Waals surface area (Å²) in [5.41, 5.74) is 4.24. The number of likely N-dealkylation sites (tertiary alicyclic amines) is 1. The molecule has 4 aromatic heterocycles. The van der Waals surface area contributed by atoms with Crippen LogP contribution in [0.1, 0.15) is 42.5 Å². The SMILES string of the molecule is O=C(C1CC1CC(c1ccc(-c2c(-n3cnnn3)ccc(Cl)c2F)c[n+]1[O-])n1cc(-c2ccncc2)cn1)N1CCC(c2ccccc2)C1. The molecule has 6 aromatic rings. The van der Waals surface area contributed by atoms with E-state index in [1.807, 2.05) is 41.4 Å². The Labute approximate surface area is 286 Å². The highest BCUT2D eigenvalue weighted by atomic mass is 35.5. The number of nitrogens with zero attached hydrogens (tertiary/aromatic N) is 9. The van der Waals surface area contributed by atoms with Crippen molar-refractivity contribution in [1.82, 2.24) is 39.9 Å². The molecule has 2 fully saturated rings. The van der Waals surface area contributed by atoms with Gasteiger partial charge in [-0.25, -0.2) is 4.39 Å². The monoisotopic (exact) mass is 675 g/mol. The largest absolute Gasteiger partial charge is 0.618 e. The lowest BCUT2D eigenvalue weighted by Crippen LogP contribution is -2.36. The summed E-state index contributed by atoms with van der Waals surface area (Å²) in [6.45, 7) is 1.47. The molecule has 2 aliphatic rings. The Kier molecular flexibility index (Phi) is 8.08. The van der Waals surface area contributed by atoms with E-state index in [1.54, 1.807) is 41.5 Å². The Morgan fingerprint density at radius 3 is 2.65 bits per heavy atom. The molecule has 2 aromatic carbocycles. The number of pyridine rings is 2. The fourth-order valence-corrected chi connectivity index (χ4v) is 7.19. The van der Waals surface area contributed by atoms with E-state index in [2.05, 4.69) is 37.7 Å². The molecule has 8 rings (SSSR count). The van der Waals surface area contributed by atoms with Crippen LogP contribution >= 0.6 is 11.6 Å². The van der Waals surface area contributed by atoms with E-state index in [4.69, 9.17) is 11.6 Å². The molecule has 1 amide bonds. The minimum Gasteiger partial charge on any atom is -0.618 e. The van der Waals surface area contributed by atoms with Crippen LogP contribution in [0.15, 0.2) is 104 Å². The van der Waals surface area contributed by atoms with Crippen LogP contribution in [0.5, 0.6) is 0 Å². The van der Waals surface area contributed by atoms with Crippen molar-refractivity contribution in [2.45, 2.75) is 31.2 Å². The van der Waals surface area contributed by atoms with Crippen LogP contribution in [0.2, 0.25) is 5.02 Å². The topological polar surface area (TPSA) is 122 Å². The third kappa shape index (κ3) is 6.04. The number of hydrogen-bond acceptors (Lipinski definition) is 7. The van der Waals surface area contributed by atoms with Crippen molar-refractivity contribution in [2.75, 3.05) is 13.1 Å². The lowest BCUT2D eigenvalue weighted by atomic mass is 9.99. The zero-order valence-corrected chi connectivity index (χ0v) is 27.0. The molecule has 5 heterocycles. The van der Waals surface area contributed by atoms with Gasteiger partial charge in [-0.15, -0.1) is 5.10 Å². The van der Waals surface area contributed by atoms with Crippen LogP contribution in [0.25, 0.3) is 27.9 Å². The molecule has 13 heteroatoms. The van der Waals surface area contributed by atoms with Gasteiger partial charge in [0.2, 0.25) is 11.6 Å². The number of hydrogen-bond donors (Lipinski definition) is 0. The Morgan fingerprint density at radius 2 is 1.88 bits per heavy atom. The molecule has 4 unspecified atom stereocenters. The van der Waals surface area contributed by atoms with E-state index >= 15 is 4.39 Å². The molecular formula is C36H31ClFN9O2. The summed E-state index contributed by atoms with van der Waals surface area (Å²) in [4.78, 5) is 19.8. The number of carbonyl (C=O) groups is 1. The number of halogens is 2. The van der Waals surface area contributed by atoms with E-state index in [9.17, 15) is 10.0 Å². The number of amides is 1. The highest BCUT2D eigenvalue weighted by Gasteiger charge is 2.48. The van der Waals surface area contributed by atoms with E-state index < -0.39 is 11.9 Å². The molecule has 4 atom stereocenters. The van der Waals surface area contributed by atoms with E-state index in [0.717, 1.165) is 41.8 Å². The van der Waals surface area contributed by atoms with Crippen molar-refractivity contribution in [2.24, 2.45) is 11.8 Å². The van der Waals surface area contributed by atoms with Gasteiger partial charge in [0.25, 0.3) is 0 Å². The van der Waals surface area contributed by atoms with Gasteiger partial charge in [0.15, 0.2) is 12.0 Å². The molecule has 0 bridgehead atoms. The standard InChI is InChI=1S/C36H31ClFN9O2/c37-30-7-9-32(46-22-40-42-43-46)34(35(30)38)26-6-8-31(47(49)21-26)33(45-20-28(18-41-45)24-10-13-39-14-11-24)17-27-16-29(27)36(48)44-15-12-25(19-44)23-4-2-1-3-5-23/h1-11,13-14,18,20-22,25,27,29,33H,12,15-17,19H2. The summed E-state index contributed by atoms with van der Waals surface area (Å²) in [5.74, 6) is -0.195. The maximum absolute atomic E-state index is 15.5. The van der Waals surface area contributed by atoms with Gasteiger partial charge in [0.1, 0.15) is 12.4 Å². The van der Waals surface area contributed by atoms with Crippen molar-refractivity contribution < 1.29 is 13.9 Å². The van der Waals surface area contributed by atoms with Gasteiger partial charge in [-0.05, 0) is 77.1 Å². The van der Waals surface area contributed by atoms with Gasteiger partial charge in [-0.1, -0.05) is 41.9 Å². The van der Waals surface area contributed by atoms with Crippen LogP contribution in [0.3, 0.4) is 0 Å². The fourth-order valence-electron chi connectivity index (χ4n) is 7.03. The van der Waals surface area contributed by atoms with E-state index in [0.29, 0.717) is 29.3 Å². The first-order chi connectivity index (χ1) is 23.9. The summed E-state index contributed by atoms with van der Waals surface area (Å²) in [6, 6.07) is 20.1. The summed E-state index contributed by atoms with van der Waals surface area (Å²) < 4.78 is 19.4. The number of benzene rings is 2. The second kappa shape index (κ2) is 12.8. The molecule has 0 spiro atoms. The van der Waals surface area contributed by atoms with E-state index in [1.165, 1.54) is 28.8 Å². The molecule has 0 N–H and O–H groups in total. The first-order valence-corrected chi connectivity index (χ1v) is 16.6. The third-order valence-electron chi connectivity index (χ3n) is 9.71. The Hall–Kier alpha value is -5.49. The Balaban J connectivity index is 1.09. The molecule has 246 valence electrons. The fraction of sp³-hybridized carbons (Fsp3) is 0.250. The van der Waals surface area contributed by atoms with Crippen molar-refractivity contribution in [3.63, 3.8) is 0 Å². The summed E-state index contributed by atoms with van der Waals surface area (Å²) in [6.07, 6.45) is 12.0.